The molecule has 0 N–H and O–H groups in total. The number of hydrogen-bond donors (Lipinski definition) is 0. The first-order valence-corrected chi connectivity index (χ1v) is 7.90. The highest BCUT2D eigenvalue weighted by Crippen LogP contribution is 2.30. The largest absolute Gasteiger partial charge is 0.336 e. The van der Waals surface area contributed by atoms with E-state index in [4.69, 9.17) is 0 Å². The molecule has 20 heavy (non-hydrogen) atoms. The molecule has 0 bridgehead atoms. The van der Waals surface area contributed by atoms with Gasteiger partial charge in [-0.2, -0.15) is 0 Å². The SMILES string of the molecule is O=C(c1cccc(F)c1Br)N1CCN(CC2CC2)CC1. The fraction of sp³-hybridized carbons (Fsp3) is 0.533. The van der Waals surface area contributed by atoms with Crippen LogP contribution in [0.4, 0.5) is 4.39 Å². The Morgan fingerprint density at radius 2 is 1.95 bits per heavy atom. The summed E-state index contributed by atoms with van der Waals surface area (Å²) in [6.45, 7) is 4.49. The first-order chi connectivity index (χ1) is 9.65. The summed E-state index contributed by atoms with van der Waals surface area (Å²) in [4.78, 5) is 16.7. The molecule has 1 aliphatic carbocycles. The Morgan fingerprint density at radius 3 is 2.60 bits per heavy atom. The average molecular weight is 341 g/mol. The van der Waals surface area contributed by atoms with Crippen molar-refractivity contribution in [2.24, 2.45) is 5.92 Å². The maximum atomic E-state index is 13.5. The number of halogens is 2. The molecule has 2 aliphatic rings. The number of nitrogens with zero attached hydrogens (tertiary/aromatic N) is 2. The Balaban J connectivity index is 1.62. The number of piperazine rings is 1. The summed E-state index contributed by atoms with van der Waals surface area (Å²) in [5.74, 6) is 0.417. The highest BCUT2D eigenvalue weighted by Gasteiger charge is 2.28. The molecule has 1 heterocycles. The minimum absolute atomic E-state index is 0.0811. The lowest BCUT2D eigenvalue weighted by Crippen LogP contribution is -2.49. The van der Waals surface area contributed by atoms with Gasteiger partial charge in [0.1, 0.15) is 5.82 Å². The molecule has 1 saturated carbocycles. The summed E-state index contributed by atoms with van der Waals surface area (Å²) in [6.07, 6.45) is 2.71. The Hall–Kier alpha value is -0.940. The Labute approximate surface area is 126 Å². The molecule has 0 aromatic heterocycles. The van der Waals surface area contributed by atoms with Crippen molar-refractivity contribution >= 4 is 21.8 Å². The zero-order valence-electron chi connectivity index (χ0n) is 11.3. The van der Waals surface area contributed by atoms with E-state index in [-0.39, 0.29) is 16.2 Å². The molecule has 1 aromatic rings. The van der Waals surface area contributed by atoms with E-state index in [0.29, 0.717) is 5.56 Å². The molecule has 1 amide bonds. The van der Waals surface area contributed by atoms with Crippen LogP contribution in [-0.2, 0) is 0 Å². The first kappa shape index (κ1) is 14.0. The molecule has 5 heteroatoms. The van der Waals surface area contributed by atoms with Crippen LogP contribution in [0, 0.1) is 11.7 Å². The molecular weight excluding hydrogens is 323 g/mol. The lowest BCUT2D eigenvalue weighted by molar-refractivity contribution is 0.0630. The molecule has 108 valence electrons. The fourth-order valence-corrected chi connectivity index (χ4v) is 3.07. The summed E-state index contributed by atoms with van der Waals surface area (Å²) in [7, 11) is 0. The summed E-state index contributed by atoms with van der Waals surface area (Å²) in [5.41, 5.74) is 0.417. The maximum Gasteiger partial charge on any atom is 0.255 e. The third-order valence-corrected chi connectivity index (χ3v) is 4.86. The average Bonchev–Trinajstić information content (AvgIpc) is 3.26. The van der Waals surface area contributed by atoms with Crippen LogP contribution in [0.15, 0.2) is 22.7 Å². The Morgan fingerprint density at radius 1 is 1.25 bits per heavy atom. The Bertz CT molecular complexity index is 511. The van der Waals surface area contributed by atoms with Crippen molar-refractivity contribution in [2.75, 3.05) is 32.7 Å². The van der Waals surface area contributed by atoms with Gasteiger partial charge < -0.3 is 4.90 Å². The van der Waals surface area contributed by atoms with Gasteiger partial charge in [-0.05, 0) is 46.8 Å². The van der Waals surface area contributed by atoms with Gasteiger partial charge in [0.2, 0.25) is 0 Å². The van der Waals surface area contributed by atoms with Crippen molar-refractivity contribution < 1.29 is 9.18 Å². The van der Waals surface area contributed by atoms with E-state index in [2.05, 4.69) is 20.8 Å². The molecular formula is C15H18BrFN2O. The highest BCUT2D eigenvalue weighted by atomic mass is 79.9. The molecule has 0 radical (unpaired) electrons. The van der Waals surface area contributed by atoms with E-state index in [9.17, 15) is 9.18 Å². The smallest absolute Gasteiger partial charge is 0.255 e. The van der Waals surface area contributed by atoms with Gasteiger partial charge in [-0.3, -0.25) is 9.69 Å². The third-order valence-electron chi connectivity index (χ3n) is 4.05. The summed E-state index contributed by atoms with van der Waals surface area (Å²) in [5, 5.41) is 0. The molecule has 0 atom stereocenters. The molecule has 1 aromatic carbocycles. The van der Waals surface area contributed by atoms with Crippen molar-refractivity contribution in [3.63, 3.8) is 0 Å². The van der Waals surface area contributed by atoms with Crippen LogP contribution in [0.5, 0.6) is 0 Å². The molecule has 3 nitrogen and oxygen atoms in total. The van der Waals surface area contributed by atoms with Crippen molar-refractivity contribution in [1.82, 2.24) is 9.80 Å². The van der Waals surface area contributed by atoms with Gasteiger partial charge in [-0.15, -0.1) is 0 Å². The molecule has 0 unspecified atom stereocenters. The minimum atomic E-state index is -0.386. The summed E-state index contributed by atoms with van der Waals surface area (Å²) >= 11 is 3.17. The van der Waals surface area contributed by atoms with Crippen molar-refractivity contribution in [1.29, 1.82) is 0 Å². The van der Waals surface area contributed by atoms with Crippen LogP contribution < -0.4 is 0 Å². The molecule has 1 aliphatic heterocycles. The highest BCUT2D eigenvalue weighted by molar-refractivity contribution is 9.10. The first-order valence-electron chi connectivity index (χ1n) is 7.11. The Kier molecular flexibility index (Phi) is 4.08. The predicted molar refractivity (Wildman–Crippen MR) is 79.2 cm³/mol. The van der Waals surface area contributed by atoms with Crippen LogP contribution in [0.2, 0.25) is 0 Å². The van der Waals surface area contributed by atoms with Crippen molar-refractivity contribution in [2.45, 2.75) is 12.8 Å². The normalized spacial score (nSPS) is 20.2. The van der Waals surface area contributed by atoms with Crippen molar-refractivity contribution in [3.8, 4) is 0 Å². The van der Waals surface area contributed by atoms with Crippen molar-refractivity contribution in [3.05, 3.63) is 34.1 Å². The van der Waals surface area contributed by atoms with E-state index in [1.54, 1.807) is 12.1 Å². The number of hydrogen-bond acceptors (Lipinski definition) is 2. The van der Waals surface area contributed by atoms with E-state index in [1.807, 2.05) is 4.90 Å². The standard InChI is InChI=1S/C15H18BrFN2O/c16-14-12(2-1-3-13(14)17)15(20)19-8-6-18(7-9-19)10-11-4-5-11/h1-3,11H,4-10H2. The molecule has 3 rings (SSSR count). The number of rotatable bonds is 3. The van der Waals surface area contributed by atoms with Crippen LogP contribution in [0.1, 0.15) is 23.2 Å². The van der Waals surface area contributed by atoms with Gasteiger partial charge in [-0.1, -0.05) is 6.07 Å². The van der Waals surface area contributed by atoms with Crippen LogP contribution in [0.25, 0.3) is 0 Å². The monoisotopic (exact) mass is 340 g/mol. The van der Waals surface area contributed by atoms with Gasteiger partial charge in [0.25, 0.3) is 5.91 Å². The summed E-state index contributed by atoms with van der Waals surface area (Å²) in [6, 6.07) is 4.61. The zero-order valence-corrected chi connectivity index (χ0v) is 12.9. The molecule has 1 saturated heterocycles. The topological polar surface area (TPSA) is 23.6 Å². The maximum absolute atomic E-state index is 13.5. The number of carbonyl (C=O) groups is 1. The van der Waals surface area contributed by atoms with Gasteiger partial charge in [0, 0.05) is 32.7 Å². The van der Waals surface area contributed by atoms with Gasteiger partial charge >= 0.3 is 0 Å². The van der Waals surface area contributed by atoms with Crippen LogP contribution >= 0.6 is 15.9 Å². The third kappa shape index (κ3) is 3.04. The van der Waals surface area contributed by atoms with E-state index < -0.39 is 0 Å². The van der Waals surface area contributed by atoms with Gasteiger partial charge in [-0.25, -0.2) is 4.39 Å². The number of benzene rings is 1. The zero-order chi connectivity index (χ0) is 14.1. The van der Waals surface area contributed by atoms with E-state index >= 15 is 0 Å². The lowest BCUT2D eigenvalue weighted by Gasteiger charge is -2.35. The number of carbonyl (C=O) groups excluding carboxylic acids is 1. The fourth-order valence-electron chi connectivity index (χ4n) is 2.64. The van der Waals surface area contributed by atoms with Crippen LogP contribution in [-0.4, -0.2) is 48.4 Å². The quantitative estimate of drug-likeness (QED) is 0.844. The minimum Gasteiger partial charge on any atom is -0.336 e. The molecule has 0 spiro atoms. The predicted octanol–water partition coefficient (Wildman–Crippen LogP) is 2.76. The van der Waals surface area contributed by atoms with E-state index in [0.717, 1.165) is 32.1 Å². The molecule has 2 fully saturated rings. The van der Waals surface area contributed by atoms with Gasteiger partial charge in [0.05, 0.1) is 10.0 Å². The number of amides is 1. The van der Waals surface area contributed by atoms with Crippen LogP contribution in [0.3, 0.4) is 0 Å². The van der Waals surface area contributed by atoms with E-state index in [1.165, 1.54) is 25.5 Å². The second kappa shape index (κ2) is 5.82. The van der Waals surface area contributed by atoms with Gasteiger partial charge in [0.15, 0.2) is 0 Å². The second-order valence-electron chi connectivity index (χ2n) is 5.64. The second-order valence-corrected chi connectivity index (χ2v) is 6.43. The lowest BCUT2D eigenvalue weighted by atomic mass is 10.1. The summed E-state index contributed by atoms with van der Waals surface area (Å²) < 4.78 is 13.8.